The summed E-state index contributed by atoms with van der Waals surface area (Å²) in [6, 6.07) is 23.4. The van der Waals surface area contributed by atoms with Crippen molar-refractivity contribution in [2.45, 2.75) is 6.92 Å². The van der Waals surface area contributed by atoms with Crippen LogP contribution in [0.15, 0.2) is 78.9 Å². The minimum atomic E-state index is -4.70. The van der Waals surface area contributed by atoms with E-state index < -0.39 is 7.82 Å². The van der Waals surface area contributed by atoms with E-state index in [1.54, 1.807) is 30.3 Å². The van der Waals surface area contributed by atoms with E-state index in [-0.39, 0.29) is 11.5 Å². The van der Waals surface area contributed by atoms with Crippen molar-refractivity contribution in [1.29, 1.82) is 0 Å². The van der Waals surface area contributed by atoms with Crippen molar-refractivity contribution in [3.63, 3.8) is 0 Å². The van der Waals surface area contributed by atoms with Crippen molar-refractivity contribution in [3.05, 3.63) is 84.4 Å². The molecule has 1 aliphatic heterocycles. The Morgan fingerprint density at radius 3 is 2.25 bits per heavy atom. The third-order valence-corrected chi connectivity index (χ3v) is 5.85. The Morgan fingerprint density at radius 2 is 1.50 bits per heavy atom. The molecule has 160 valence electrons. The fraction of sp³-hybridized carbons (Fsp3) is 0.0400. The number of ether oxygens (including phenoxy) is 1. The van der Waals surface area contributed by atoms with Gasteiger partial charge in [0.05, 0.1) is 0 Å². The summed E-state index contributed by atoms with van der Waals surface area (Å²) in [5, 5.41) is 10.0. The van der Waals surface area contributed by atoms with E-state index in [9.17, 15) is 19.5 Å². The van der Waals surface area contributed by atoms with Crippen LogP contribution in [0.1, 0.15) is 5.56 Å². The number of phenolic OH excluding ortho intramolecular Hbond substituents is 1. The third kappa shape index (κ3) is 3.76. The summed E-state index contributed by atoms with van der Waals surface area (Å²) in [4.78, 5) is 18.5. The second-order valence-electron chi connectivity index (χ2n) is 7.59. The Bertz CT molecular complexity index is 1410. The maximum absolute atomic E-state index is 11.4. The van der Waals surface area contributed by atoms with Crippen LogP contribution in [0.3, 0.4) is 0 Å². The van der Waals surface area contributed by atoms with Crippen molar-refractivity contribution >= 4 is 7.82 Å². The van der Waals surface area contributed by atoms with Gasteiger partial charge in [0.2, 0.25) is 0 Å². The fourth-order valence-electron chi connectivity index (χ4n) is 4.15. The zero-order chi connectivity index (χ0) is 22.5. The van der Waals surface area contributed by atoms with Gasteiger partial charge in [0.15, 0.2) is 0 Å². The number of fused-ring (bicyclic) bond motifs is 4. The zero-order valence-corrected chi connectivity index (χ0v) is 17.9. The topological polar surface area (TPSA) is 96.2 Å². The van der Waals surface area contributed by atoms with Crippen LogP contribution in [-0.2, 0) is 4.57 Å². The third-order valence-electron chi connectivity index (χ3n) is 5.41. The summed E-state index contributed by atoms with van der Waals surface area (Å²) in [7, 11) is -4.70. The maximum atomic E-state index is 11.4. The molecule has 0 spiro atoms. The molecule has 5 rings (SSSR count). The lowest BCUT2D eigenvalue weighted by Crippen LogP contribution is -2.01. The van der Waals surface area contributed by atoms with Crippen LogP contribution in [0.5, 0.6) is 23.0 Å². The summed E-state index contributed by atoms with van der Waals surface area (Å²) >= 11 is 0. The molecule has 0 saturated carbocycles. The number of aromatic hydroxyl groups is 1. The molecule has 32 heavy (non-hydrogen) atoms. The van der Waals surface area contributed by atoms with Crippen molar-refractivity contribution in [1.82, 2.24) is 0 Å². The van der Waals surface area contributed by atoms with Gasteiger partial charge in [-0.05, 0) is 82.8 Å². The number of phosphoric acid groups is 1. The molecule has 0 aromatic heterocycles. The van der Waals surface area contributed by atoms with Gasteiger partial charge in [0, 0.05) is 5.56 Å². The van der Waals surface area contributed by atoms with E-state index in [1.807, 2.05) is 49.4 Å². The Hall–Kier alpha value is -3.57. The number of hydrogen-bond donors (Lipinski definition) is 3. The molecule has 6 nitrogen and oxygen atoms in total. The maximum Gasteiger partial charge on any atom is 0.524 e. The first-order valence-corrected chi connectivity index (χ1v) is 11.4. The monoisotopic (exact) mass is 446 g/mol. The van der Waals surface area contributed by atoms with Crippen molar-refractivity contribution < 1.29 is 28.7 Å². The standard InChI is InChI=1S/C25H19O6P/c1-15-22(16-5-2-8-19(26)11-16)14-23-25(18-7-3-9-20(12-18)30-23)24(15)17-6-4-10-21(13-17)31-32(27,28)29/h2-14,26H,1H3,(H2,27,28,29). The van der Waals surface area contributed by atoms with Crippen LogP contribution >= 0.6 is 7.82 Å². The quantitative estimate of drug-likeness (QED) is 0.281. The number of phenols is 1. The zero-order valence-electron chi connectivity index (χ0n) is 17.0. The Balaban J connectivity index is 1.79. The molecule has 4 aromatic carbocycles. The lowest BCUT2D eigenvalue weighted by atomic mass is 9.85. The molecule has 1 heterocycles. The molecule has 0 fully saturated rings. The van der Waals surface area contributed by atoms with E-state index in [0.717, 1.165) is 44.7 Å². The first kappa shape index (κ1) is 20.3. The molecule has 3 N–H and O–H groups in total. The van der Waals surface area contributed by atoms with Crippen LogP contribution in [0.25, 0.3) is 33.4 Å². The van der Waals surface area contributed by atoms with Crippen LogP contribution in [0.4, 0.5) is 0 Å². The summed E-state index contributed by atoms with van der Waals surface area (Å²) in [5.41, 5.74) is 6.07. The average Bonchev–Trinajstić information content (AvgIpc) is 2.73. The molecule has 0 aliphatic carbocycles. The van der Waals surface area contributed by atoms with Gasteiger partial charge in [-0.1, -0.05) is 36.4 Å². The van der Waals surface area contributed by atoms with Crippen LogP contribution in [0.2, 0.25) is 0 Å². The Kier molecular flexibility index (Phi) is 4.79. The molecule has 0 radical (unpaired) electrons. The summed E-state index contributed by atoms with van der Waals surface area (Å²) in [6.45, 7) is 1.98. The molecular weight excluding hydrogens is 427 g/mol. The Labute approximate surface area is 184 Å². The molecule has 0 saturated heterocycles. The van der Waals surface area contributed by atoms with Gasteiger partial charge in [-0.15, -0.1) is 0 Å². The molecular formula is C25H19O6P. The first-order valence-electron chi connectivity index (χ1n) is 9.89. The molecule has 0 unspecified atom stereocenters. The van der Waals surface area contributed by atoms with Gasteiger partial charge in [0.1, 0.15) is 23.0 Å². The molecule has 7 heteroatoms. The number of benzene rings is 4. The summed E-state index contributed by atoms with van der Waals surface area (Å²) in [5.74, 6) is 1.62. The molecule has 0 amide bonds. The van der Waals surface area contributed by atoms with Crippen LogP contribution < -0.4 is 9.26 Å². The SMILES string of the molecule is Cc1c(-c2cccc(O)c2)cc2c(c1-c1cccc(OP(=O)(O)O)c1)-c1cccc(c1)O2. The van der Waals surface area contributed by atoms with E-state index in [0.29, 0.717) is 5.75 Å². The van der Waals surface area contributed by atoms with E-state index in [1.165, 1.54) is 6.07 Å². The van der Waals surface area contributed by atoms with Crippen LogP contribution in [-0.4, -0.2) is 14.9 Å². The highest BCUT2D eigenvalue weighted by atomic mass is 31.2. The number of phosphoric ester groups is 1. The second kappa shape index (κ2) is 7.53. The number of hydrogen-bond acceptors (Lipinski definition) is 4. The molecule has 1 aliphatic rings. The van der Waals surface area contributed by atoms with Gasteiger partial charge in [0.25, 0.3) is 0 Å². The lowest BCUT2D eigenvalue weighted by Gasteiger charge is -2.25. The van der Waals surface area contributed by atoms with Crippen molar-refractivity contribution in [2.75, 3.05) is 0 Å². The largest absolute Gasteiger partial charge is 0.524 e. The first-order chi connectivity index (χ1) is 15.3. The summed E-state index contributed by atoms with van der Waals surface area (Å²) in [6.07, 6.45) is 0. The van der Waals surface area contributed by atoms with Gasteiger partial charge >= 0.3 is 7.82 Å². The van der Waals surface area contributed by atoms with E-state index >= 15 is 0 Å². The minimum absolute atomic E-state index is 0.0669. The highest BCUT2D eigenvalue weighted by Gasteiger charge is 2.25. The van der Waals surface area contributed by atoms with Crippen molar-refractivity contribution in [3.8, 4) is 56.4 Å². The predicted molar refractivity (Wildman–Crippen MR) is 122 cm³/mol. The van der Waals surface area contributed by atoms with Crippen LogP contribution in [0, 0.1) is 6.92 Å². The fourth-order valence-corrected chi connectivity index (χ4v) is 4.53. The predicted octanol–water partition coefficient (Wildman–Crippen LogP) is 6.28. The Morgan fingerprint density at radius 1 is 0.812 bits per heavy atom. The van der Waals surface area contributed by atoms with Gasteiger partial charge in [-0.2, -0.15) is 0 Å². The average molecular weight is 446 g/mol. The molecule has 4 aromatic rings. The summed E-state index contributed by atoms with van der Waals surface area (Å²) < 4.78 is 22.3. The lowest BCUT2D eigenvalue weighted by molar-refractivity contribution is 0.283. The molecule has 2 bridgehead atoms. The highest BCUT2D eigenvalue weighted by Crippen LogP contribution is 2.50. The van der Waals surface area contributed by atoms with Gasteiger partial charge in [-0.3, -0.25) is 9.79 Å². The van der Waals surface area contributed by atoms with E-state index in [4.69, 9.17) is 9.26 Å². The second-order valence-corrected chi connectivity index (χ2v) is 8.75. The van der Waals surface area contributed by atoms with Gasteiger partial charge in [-0.25, -0.2) is 4.57 Å². The highest BCUT2D eigenvalue weighted by molar-refractivity contribution is 7.46. The van der Waals surface area contributed by atoms with Gasteiger partial charge < -0.3 is 14.4 Å². The normalized spacial score (nSPS) is 12.1. The number of rotatable bonds is 4. The van der Waals surface area contributed by atoms with Crippen molar-refractivity contribution in [2.24, 2.45) is 0 Å². The van der Waals surface area contributed by atoms with E-state index in [2.05, 4.69) is 0 Å². The smallest absolute Gasteiger partial charge is 0.508 e. The minimum Gasteiger partial charge on any atom is -0.508 e. The molecule has 0 atom stereocenters.